The van der Waals surface area contributed by atoms with Crippen molar-refractivity contribution < 1.29 is 4.79 Å². The molecule has 0 spiro atoms. The minimum absolute atomic E-state index is 0.0182. The van der Waals surface area contributed by atoms with Crippen LogP contribution < -0.4 is 9.80 Å². The van der Waals surface area contributed by atoms with E-state index in [0.717, 1.165) is 72.7 Å². The summed E-state index contributed by atoms with van der Waals surface area (Å²) >= 11 is 7.67. The van der Waals surface area contributed by atoms with Gasteiger partial charge in [-0.25, -0.2) is 0 Å². The second kappa shape index (κ2) is 9.46. The zero-order chi connectivity index (χ0) is 21.9. The van der Waals surface area contributed by atoms with Crippen LogP contribution in [0.5, 0.6) is 0 Å². The number of carbonyl (C=O) groups is 1. The molecule has 2 saturated heterocycles. The summed E-state index contributed by atoms with van der Waals surface area (Å²) in [7, 11) is 0. The first-order valence-corrected chi connectivity index (χ1v) is 12.3. The first-order valence-electron chi connectivity index (χ1n) is 11.1. The maximum absolute atomic E-state index is 13.3. The average molecular weight is 468 g/mol. The van der Waals surface area contributed by atoms with Crippen LogP contribution in [0.3, 0.4) is 0 Å². The smallest absolute Gasteiger partial charge is 0.227 e. The van der Waals surface area contributed by atoms with E-state index in [9.17, 15) is 4.79 Å². The third kappa shape index (κ3) is 4.59. The lowest BCUT2D eigenvalue weighted by Crippen LogP contribution is -2.52. The fourth-order valence-corrected chi connectivity index (χ4v) is 5.35. The van der Waals surface area contributed by atoms with Gasteiger partial charge >= 0.3 is 0 Å². The third-order valence-corrected chi connectivity index (χ3v) is 7.45. The number of halogens is 1. The minimum atomic E-state index is 0.0182. The Morgan fingerprint density at radius 2 is 1.75 bits per heavy atom. The van der Waals surface area contributed by atoms with Gasteiger partial charge in [-0.2, -0.15) is 0 Å². The number of aromatic nitrogens is 2. The number of rotatable bonds is 4. The lowest BCUT2D eigenvalue weighted by Gasteiger charge is -2.40. The van der Waals surface area contributed by atoms with E-state index < -0.39 is 0 Å². The fraction of sp³-hybridized carbons (Fsp3) is 0.375. The molecule has 0 aliphatic carbocycles. The molecule has 0 bridgehead atoms. The van der Waals surface area contributed by atoms with Gasteiger partial charge in [0.1, 0.15) is 5.69 Å². The van der Waals surface area contributed by atoms with Gasteiger partial charge in [-0.05, 0) is 60.7 Å². The quantitative estimate of drug-likeness (QED) is 0.568. The number of carbonyl (C=O) groups excluding carboxylic acids is 1. The maximum atomic E-state index is 13.3. The molecule has 2 aliphatic heterocycles. The fourth-order valence-electron chi connectivity index (χ4n) is 4.53. The number of nitrogens with zero attached hydrogens (tertiary/aromatic N) is 5. The Hall–Kier alpha value is -2.64. The van der Waals surface area contributed by atoms with Gasteiger partial charge in [0.05, 0.1) is 10.8 Å². The first-order chi connectivity index (χ1) is 15.7. The molecule has 2 aliphatic rings. The molecular formula is C24H26ClN5OS. The number of amides is 1. The molecule has 0 N–H and O–H groups in total. The Balaban J connectivity index is 1.18. The molecule has 2 aromatic heterocycles. The molecule has 3 aromatic rings. The van der Waals surface area contributed by atoms with Crippen molar-refractivity contribution in [2.24, 2.45) is 5.92 Å². The summed E-state index contributed by atoms with van der Waals surface area (Å²) in [6, 6.07) is 16.0. The van der Waals surface area contributed by atoms with Crippen molar-refractivity contribution in [3.8, 4) is 10.6 Å². The SMILES string of the molecule is O=C(C1CCCN(c2ccc(-c3cccs3)nn2)C1)N1CCN(c2ccc(Cl)cc2)CC1. The van der Waals surface area contributed by atoms with E-state index in [2.05, 4.69) is 26.1 Å². The Morgan fingerprint density at radius 1 is 0.938 bits per heavy atom. The van der Waals surface area contributed by atoms with E-state index in [1.807, 2.05) is 52.7 Å². The molecule has 1 unspecified atom stereocenters. The molecule has 8 heteroatoms. The Morgan fingerprint density at radius 3 is 2.44 bits per heavy atom. The highest BCUT2D eigenvalue weighted by molar-refractivity contribution is 7.13. The van der Waals surface area contributed by atoms with E-state index in [4.69, 9.17) is 11.6 Å². The molecule has 5 rings (SSSR count). The van der Waals surface area contributed by atoms with E-state index in [-0.39, 0.29) is 11.8 Å². The molecule has 1 atom stereocenters. The number of thiophene rings is 1. The van der Waals surface area contributed by atoms with Gasteiger partial charge in [0, 0.05) is 50.0 Å². The van der Waals surface area contributed by atoms with Crippen molar-refractivity contribution in [3.05, 3.63) is 58.9 Å². The van der Waals surface area contributed by atoms with Crippen molar-refractivity contribution in [2.45, 2.75) is 12.8 Å². The molecule has 2 fully saturated rings. The Bertz CT molecular complexity index is 1030. The van der Waals surface area contributed by atoms with E-state index in [0.29, 0.717) is 6.54 Å². The van der Waals surface area contributed by atoms with E-state index in [1.54, 1.807) is 11.3 Å². The Kier molecular flexibility index (Phi) is 6.28. The van der Waals surface area contributed by atoms with Crippen LogP contribution in [0.2, 0.25) is 5.02 Å². The predicted octanol–water partition coefficient (Wildman–Crippen LogP) is 4.42. The van der Waals surface area contributed by atoms with Gasteiger partial charge in [0.25, 0.3) is 0 Å². The largest absolute Gasteiger partial charge is 0.368 e. The lowest BCUT2D eigenvalue weighted by atomic mass is 9.96. The van der Waals surface area contributed by atoms with Crippen LogP contribution in [0, 0.1) is 5.92 Å². The summed E-state index contributed by atoms with van der Waals surface area (Å²) in [6.07, 6.45) is 1.93. The zero-order valence-electron chi connectivity index (χ0n) is 17.9. The number of hydrogen-bond donors (Lipinski definition) is 0. The topological polar surface area (TPSA) is 52.6 Å². The highest BCUT2D eigenvalue weighted by atomic mass is 35.5. The van der Waals surface area contributed by atoms with Crippen LogP contribution in [-0.2, 0) is 4.79 Å². The molecule has 6 nitrogen and oxygen atoms in total. The van der Waals surface area contributed by atoms with Crippen LogP contribution >= 0.6 is 22.9 Å². The van der Waals surface area contributed by atoms with Gasteiger partial charge in [-0.1, -0.05) is 17.7 Å². The summed E-state index contributed by atoms with van der Waals surface area (Å²) in [5.74, 6) is 1.15. The molecule has 1 amide bonds. The molecule has 0 saturated carbocycles. The van der Waals surface area contributed by atoms with Gasteiger partial charge < -0.3 is 14.7 Å². The summed E-state index contributed by atoms with van der Waals surface area (Å²) in [4.78, 5) is 20.9. The van der Waals surface area contributed by atoms with Crippen molar-refractivity contribution in [3.63, 3.8) is 0 Å². The van der Waals surface area contributed by atoms with Crippen LogP contribution in [0.25, 0.3) is 10.6 Å². The predicted molar refractivity (Wildman–Crippen MR) is 131 cm³/mol. The first kappa shape index (κ1) is 21.2. The van der Waals surface area contributed by atoms with Crippen molar-refractivity contribution in [2.75, 3.05) is 49.1 Å². The van der Waals surface area contributed by atoms with Crippen molar-refractivity contribution in [1.29, 1.82) is 0 Å². The van der Waals surface area contributed by atoms with Gasteiger partial charge in [0.15, 0.2) is 5.82 Å². The number of hydrogen-bond acceptors (Lipinski definition) is 6. The van der Waals surface area contributed by atoms with Crippen LogP contribution in [0.4, 0.5) is 11.5 Å². The van der Waals surface area contributed by atoms with Gasteiger partial charge in [-0.3, -0.25) is 4.79 Å². The number of piperazine rings is 1. The number of anilines is 2. The third-order valence-electron chi connectivity index (χ3n) is 6.30. The number of benzene rings is 1. The van der Waals surface area contributed by atoms with Crippen LogP contribution in [0.15, 0.2) is 53.9 Å². The number of piperidine rings is 1. The van der Waals surface area contributed by atoms with E-state index >= 15 is 0 Å². The normalized spacial score (nSPS) is 19.3. The second-order valence-corrected chi connectivity index (χ2v) is 9.71. The summed E-state index contributed by atoms with van der Waals surface area (Å²) in [5.41, 5.74) is 2.06. The van der Waals surface area contributed by atoms with Crippen LogP contribution in [0.1, 0.15) is 12.8 Å². The highest BCUT2D eigenvalue weighted by Crippen LogP contribution is 2.27. The van der Waals surface area contributed by atoms with Gasteiger partial charge in [0.2, 0.25) is 5.91 Å². The van der Waals surface area contributed by atoms with Crippen molar-refractivity contribution >= 4 is 40.4 Å². The molecule has 32 heavy (non-hydrogen) atoms. The summed E-state index contributed by atoms with van der Waals surface area (Å²) in [6.45, 7) is 4.84. The summed E-state index contributed by atoms with van der Waals surface area (Å²) in [5, 5.41) is 11.7. The molecular weight excluding hydrogens is 442 g/mol. The second-order valence-electron chi connectivity index (χ2n) is 8.33. The summed E-state index contributed by atoms with van der Waals surface area (Å²) < 4.78 is 0. The van der Waals surface area contributed by atoms with E-state index in [1.165, 1.54) is 0 Å². The Labute approximate surface area is 197 Å². The average Bonchev–Trinajstić information content (AvgIpc) is 3.40. The highest BCUT2D eigenvalue weighted by Gasteiger charge is 2.31. The molecule has 4 heterocycles. The molecule has 0 radical (unpaired) electrons. The maximum Gasteiger partial charge on any atom is 0.227 e. The lowest BCUT2D eigenvalue weighted by molar-refractivity contribution is -0.136. The molecule has 1 aromatic carbocycles. The minimum Gasteiger partial charge on any atom is -0.368 e. The zero-order valence-corrected chi connectivity index (χ0v) is 19.4. The molecule has 166 valence electrons. The standard InChI is InChI=1S/C24H26ClN5OS/c25-19-5-7-20(8-6-19)28-12-14-29(15-13-28)24(31)18-3-1-11-30(17-18)23-10-9-21(26-27-23)22-4-2-16-32-22/h2,4-10,16,18H,1,3,11-15,17H2. The monoisotopic (exact) mass is 467 g/mol. The van der Waals surface area contributed by atoms with Crippen LogP contribution in [-0.4, -0.2) is 60.3 Å². The van der Waals surface area contributed by atoms with Crippen molar-refractivity contribution in [1.82, 2.24) is 15.1 Å². The van der Waals surface area contributed by atoms with Gasteiger partial charge in [-0.15, -0.1) is 21.5 Å².